The molecule has 5 aromatic rings. The number of aliphatic carboxylic acids is 2. The third-order valence-corrected chi connectivity index (χ3v) is 8.22. The zero-order chi connectivity index (χ0) is 32.6. The fourth-order valence-corrected chi connectivity index (χ4v) is 5.95. The van der Waals surface area contributed by atoms with Gasteiger partial charge in [-0.3, -0.25) is 14.4 Å². The quantitative estimate of drug-likeness (QED) is 0.170. The maximum Gasteiger partial charge on any atom is 0.354 e. The van der Waals surface area contributed by atoms with Gasteiger partial charge in [-0.05, 0) is 99.0 Å². The van der Waals surface area contributed by atoms with E-state index in [9.17, 15) is 29.4 Å². The Balaban J connectivity index is 0.00000433. The highest BCUT2D eigenvalue weighted by Gasteiger charge is 2.57. The van der Waals surface area contributed by atoms with Crippen molar-refractivity contribution in [3.63, 3.8) is 0 Å². The molecule has 2 atom stereocenters. The zero-order valence-electron chi connectivity index (χ0n) is 24.1. The molecule has 0 radical (unpaired) electrons. The van der Waals surface area contributed by atoms with Crippen LogP contribution in [0.3, 0.4) is 0 Å². The maximum atomic E-state index is 13.7. The molecule has 0 saturated carbocycles. The van der Waals surface area contributed by atoms with E-state index in [4.69, 9.17) is 32.7 Å². The second-order valence-electron chi connectivity index (χ2n) is 10.4. The van der Waals surface area contributed by atoms with Gasteiger partial charge >= 0.3 is 11.9 Å². The van der Waals surface area contributed by atoms with E-state index in [-0.39, 0.29) is 46.2 Å². The van der Waals surface area contributed by atoms with Crippen LogP contribution >= 0.6 is 35.6 Å². The van der Waals surface area contributed by atoms with E-state index >= 15 is 0 Å². The third kappa shape index (κ3) is 6.06. The first-order valence-corrected chi connectivity index (χ1v) is 14.6. The highest BCUT2D eigenvalue weighted by Crippen LogP contribution is 2.45. The Labute approximate surface area is 283 Å². The van der Waals surface area contributed by atoms with E-state index in [2.05, 4.69) is 0 Å². The van der Waals surface area contributed by atoms with Crippen molar-refractivity contribution in [2.24, 2.45) is 5.92 Å². The molecule has 0 spiro atoms. The summed E-state index contributed by atoms with van der Waals surface area (Å²) in [6.45, 7) is 0. The summed E-state index contributed by atoms with van der Waals surface area (Å²) in [7, 11) is 0. The summed E-state index contributed by atoms with van der Waals surface area (Å²) in [5.41, 5.74) is -1.81. The molecule has 11 heteroatoms. The summed E-state index contributed by atoms with van der Waals surface area (Å²) >= 11 is 11.2. The van der Waals surface area contributed by atoms with E-state index in [1.807, 2.05) is 12.1 Å². The lowest BCUT2D eigenvalue weighted by Gasteiger charge is -2.39. The molecule has 0 saturated heterocycles. The lowest BCUT2D eigenvalue weighted by molar-refractivity contribution is -0.160. The van der Waals surface area contributed by atoms with Crippen molar-refractivity contribution < 1.29 is 38.9 Å². The Bertz CT molecular complexity index is 2180. The summed E-state index contributed by atoms with van der Waals surface area (Å²) in [6.07, 6.45) is 1.36. The van der Waals surface area contributed by atoms with Crippen LogP contribution in [0.1, 0.15) is 26.3 Å². The number of benzene rings is 5. The standard InChI is InChI=1S/C36H22Cl2O8.ClH/c37-32(39)21-9-14-24(15-10-21)45-29-18-13-20-5-1-3-7-26(20)30(29)31-27-8-4-2-6-23(27)19-28(34(41)42)36(31,35(43)44)46-25-16-11-22(12-17-25)33(38)40;/h1-19,28H,(H,41,42)(H,43,44);1H. The van der Waals surface area contributed by atoms with E-state index < -0.39 is 33.9 Å². The summed E-state index contributed by atoms with van der Waals surface area (Å²) < 4.78 is 12.7. The number of carboxylic acid groups (broad SMARTS) is 2. The third-order valence-electron chi connectivity index (χ3n) is 7.78. The van der Waals surface area contributed by atoms with Crippen LogP contribution < -0.4 is 19.9 Å². The Kier molecular flexibility index (Phi) is 9.40. The Morgan fingerprint density at radius 1 is 0.681 bits per heavy atom. The predicted molar refractivity (Wildman–Crippen MR) is 179 cm³/mol. The minimum absolute atomic E-state index is 0. The van der Waals surface area contributed by atoms with Gasteiger partial charge in [0.15, 0.2) is 0 Å². The van der Waals surface area contributed by atoms with Crippen molar-refractivity contribution >= 4 is 80.5 Å². The highest BCUT2D eigenvalue weighted by molar-refractivity contribution is 6.68. The average Bonchev–Trinajstić information content (AvgIpc) is 3.05. The Morgan fingerprint density at radius 3 is 1.85 bits per heavy atom. The number of ether oxygens (including phenoxy) is 2. The number of rotatable bonds is 9. The number of halogens is 3. The molecular formula is C36H23Cl3O8. The Morgan fingerprint density at radius 2 is 1.26 bits per heavy atom. The molecule has 0 amide bonds. The van der Waals surface area contributed by atoms with Crippen molar-refractivity contribution in [3.8, 4) is 17.2 Å². The van der Waals surface area contributed by atoms with Gasteiger partial charge < -0.3 is 19.7 Å². The molecule has 6 rings (SSSR count). The molecule has 47 heavy (non-hydrogen) atoms. The second-order valence-corrected chi connectivity index (χ2v) is 11.1. The normalized spacial score (nSPS) is 16.6. The SMILES string of the molecule is Cl.O=C(Cl)c1ccc(Oc2ccc3ccccc3c2C2=c3ccccc3=CC(C(=O)O)C2(Oc2ccc(C(=O)Cl)cc2)C(=O)O)cc1. The van der Waals surface area contributed by atoms with Crippen molar-refractivity contribution in [2.45, 2.75) is 5.60 Å². The second kappa shape index (κ2) is 13.3. The van der Waals surface area contributed by atoms with Crippen LogP contribution in [0.25, 0.3) is 22.4 Å². The number of hydrogen-bond acceptors (Lipinski definition) is 6. The first-order chi connectivity index (χ1) is 22.1. The van der Waals surface area contributed by atoms with Gasteiger partial charge in [-0.15, -0.1) is 12.4 Å². The highest BCUT2D eigenvalue weighted by atomic mass is 35.5. The topological polar surface area (TPSA) is 127 Å². The Hall–Kier alpha value is -5.15. The predicted octanol–water partition coefficient (Wildman–Crippen LogP) is 6.41. The van der Waals surface area contributed by atoms with Crippen LogP contribution in [0, 0.1) is 5.92 Å². The zero-order valence-corrected chi connectivity index (χ0v) is 26.4. The largest absolute Gasteiger partial charge is 0.481 e. The smallest absolute Gasteiger partial charge is 0.354 e. The molecular weight excluding hydrogens is 667 g/mol. The molecule has 236 valence electrons. The van der Waals surface area contributed by atoms with Crippen LogP contribution in [0.15, 0.2) is 109 Å². The van der Waals surface area contributed by atoms with Gasteiger partial charge in [-0.25, -0.2) is 4.79 Å². The minimum atomic E-state index is -2.54. The lowest BCUT2D eigenvalue weighted by atomic mass is 9.72. The van der Waals surface area contributed by atoms with Crippen LogP contribution in [-0.4, -0.2) is 38.2 Å². The molecule has 5 aromatic carbocycles. The molecule has 0 fully saturated rings. The molecule has 0 bridgehead atoms. The lowest BCUT2D eigenvalue weighted by Crippen LogP contribution is -2.59. The monoisotopic (exact) mass is 688 g/mol. The first-order valence-electron chi connectivity index (χ1n) is 13.9. The summed E-state index contributed by atoms with van der Waals surface area (Å²) in [5, 5.41) is 22.5. The van der Waals surface area contributed by atoms with Gasteiger partial charge in [-0.2, -0.15) is 0 Å². The number of hydrogen-bond donors (Lipinski definition) is 2. The van der Waals surface area contributed by atoms with Gasteiger partial charge in [0, 0.05) is 22.3 Å². The number of fused-ring (bicyclic) bond motifs is 2. The van der Waals surface area contributed by atoms with Crippen LogP contribution in [0.2, 0.25) is 0 Å². The van der Waals surface area contributed by atoms with Gasteiger partial charge in [0.05, 0.1) is 0 Å². The number of carbonyl (C=O) groups excluding carboxylic acids is 2. The van der Waals surface area contributed by atoms with E-state index in [1.165, 1.54) is 42.5 Å². The van der Waals surface area contributed by atoms with Crippen molar-refractivity contribution in [2.75, 3.05) is 0 Å². The van der Waals surface area contributed by atoms with Crippen molar-refractivity contribution in [1.82, 2.24) is 0 Å². The summed E-state index contributed by atoms with van der Waals surface area (Å²) in [6, 6.07) is 29.0. The van der Waals surface area contributed by atoms with Crippen molar-refractivity contribution in [1.29, 1.82) is 0 Å². The minimum Gasteiger partial charge on any atom is -0.481 e. The van der Waals surface area contributed by atoms with Crippen LogP contribution in [0.4, 0.5) is 0 Å². The molecule has 0 aliphatic heterocycles. The number of carboxylic acids is 2. The molecule has 1 aliphatic rings. The van der Waals surface area contributed by atoms with Crippen LogP contribution in [0.5, 0.6) is 17.2 Å². The molecule has 8 nitrogen and oxygen atoms in total. The van der Waals surface area contributed by atoms with Crippen LogP contribution in [-0.2, 0) is 9.59 Å². The number of carbonyl (C=O) groups is 4. The average molecular weight is 690 g/mol. The molecule has 2 unspecified atom stereocenters. The van der Waals surface area contributed by atoms with E-state index in [0.717, 1.165) is 5.39 Å². The van der Waals surface area contributed by atoms with Gasteiger partial charge in [0.1, 0.15) is 23.2 Å². The fourth-order valence-electron chi connectivity index (χ4n) is 5.70. The van der Waals surface area contributed by atoms with E-state index in [1.54, 1.807) is 60.7 Å². The molecule has 1 aliphatic carbocycles. The van der Waals surface area contributed by atoms with E-state index in [0.29, 0.717) is 21.6 Å². The van der Waals surface area contributed by atoms with Gasteiger partial charge in [0.25, 0.3) is 10.5 Å². The van der Waals surface area contributed by atoms with Crippen molar-refractivity contribution in [3.05, 3.63) is 136 Å². The molecule has 0 heterocycles. The first kappa shape index (κ1) is 33.2. The molecule has 2 N–H and O–H groups in total. The van der Waals surface area contributed by atoms with Gasteiger partial charge in [-0.1, -0.05) is 60.7 Å². The fraction of sp³-hybridized carbons (Fsp3) is 0.0556. The van der Waals surface area contributed by atoms with Gasteiger partial charge in [0.2, 0.25) is 5.60 Å². The maximum absolute atomic E-state index is 13.7. The summed E-state index contributed by atoms with van der Waals surface area (Å²) in [5.74, 6) is -4.22. The molecule has 0 aromatic heterocycles. The summed E-state index contributed by atoms with van der Waals surface area (Å²) in [4.78, 5) is 50.0.